The predicted octanol–water partition coefficient (Wildman–Crippen LogP) is 22.4. The number of anilines is 5. The van der Waals surface area contributed by atoms with E-state index in [1.807, 2.05) is 160 Å². The smallest absolute Gasteiger partial charge is 0.315 e. The molecule has 736 valence electrons. The molecule has 9 N–H and O–H groups in total. The van der Waals surface area contributed by atoms with E-state index in [1.54, 1.807) is 47.6 Å². The second-order valence-electron chi connectivity index (χ2n) is 38.1. The number of aromatic nitrogens is 10. The van der Waals surface area contributed by atoms with E-state index in [0.29, 0.717) is 77.2 Å². The van der Waals surface area contributed by atoms with Crippen molar-refractivity contribution >= 4 is 133 Å². The fourth-order valence-electron chi connectivity index (χ4n) is 20.4. The van der Waals surface area contributed by atoms with E-state index in [2.05, 4.69) is 103 Å². The van der Waals surface area contributed by atoms with Gasteiger partial charge < -0.3 is 65.8 Å². The summed E-state index contributed by atoms with van der Waals surface area (Å²) in [6, 6.07) is 61.2. The molecule has 9 aliphatic rings. The molecule has 1 saturated heterocycles. The number of hydrogen-bond acceptors (Lipinski definition) is 22. The molecular weight excluding hydrogens is 1900 g/mol. The highest BCUT2D eigenvalue weighted by molar-refractivity contribution is 7.80. The van der Waals surface area contributed by atoms with Crippen LogP contribution in [0.15, 0.2) is 230 Å². The van der Waals surface area contributed by atoms with Crippen molar-refractivity contribution < 1.29 is 47.0 Å². The number of nitrogen functional groups attached to an aromatic ring is 1. The van der Waals surface area contributed by atoms with E-state index < -0.39 is 5.95 Å². The summed E-state index contributed by atoms with van der Waals surface area (Å²) in [5, 5.41) is 19.1. The second kappa shape index (κ2) is 42.5. The number of benzene rings is 5. The Bertz CT molecular complexity index is 7590. The quantitative estimate of drug-likeness (QED) is 0.0204. The number of nitrogens with two attached hydrogens (primary N) is 1. The molecule has 2 spiro atoms. The van der Waals surface area contributed by atoms with Gasteiger partial charge in [-0.3, -0.25) is 48.8 Å². The number of piperidine rings is 1. The molecular formula is C113H108ClFN18O9S3. The monoisotopic (exact) mass is 2010 g/mol. The van der Waals surface area contributed by atoms with Crippen molar-refractivity contribution in [2.24, 2.45) is 5.41 Å². The van der Waals surface area contributed by atoms with Gasteiger partial charge in [0, 0.05) is 186 Å². The number of halogens is 2. The first-order valence-electron chi connectivity index (χ1n) is 49.2. The van der Waals surface area contributed by atoms with Crippen LogP contribution in [0.1, 0.15) is 189 Å². The number of carbonyl (C=O) groups is 5. The fraction of sp³-hybridized carbons (Fsp3) is 0.274. The van der Waals surface area contributed by atoms with Gasteiger partial charge in [-0.2, -0.15) is 17.9 Å². The van der Waals surface area contributed by atoms with E-state index in [-0.39, 0.29) is 66.6 Å². The van der Waals surface area contributed by atoms with E-state index in [4.69, 9.17) is 58.1 Å². The molecule has 3 fully saturated rings. The maximum Gasteiger partial charge on any atom is 0.315 e. The van der Waals surface area contributed by atoms with Gasteiger partial charge in [0.15, 0.2) is 34.0 Å². The summed E-state index contributed by atoms with van der Waals surface area (Å²) in [4.78, 5) is 111. The molecule has 25 rings (SSSR count). The molecule has 2 saturated carbocycles. The van der Waals surface area contributed by atoms with E-state index in [0.717, 1.165) is 227 Å². The van der Waals surface area contributed by atoms with Gasteiger partial charge in [-0.1, -0.05) is 56.3 Å². The SMILES string of the molecule is CCCc1ccc(N)c(CNC(=S)Nc2ccc3c(c2)OC(=O)C3)n1.Cc1ccc(-c2ccc3c(ccc4sc5c(c43)NCC[C@@H](C)NC5=O)n2)cn1.O=C(c1ccc(-c2ccc(Cl)cc2)o1)N(Cc1ccccn1)c1ccc(N2CCCCC2)cc1.O=C1CC2(CC2)Cc2[nH]c3c(c21)CCc1cnc(-c2ccc(F)nc2)cc1-3.O=C1NCC2(CCCCC2)c2[nH]c(-c3ccnc(-c4ccc5c(c4)OCO5)n3)cc21.S. The highest BCUT2D eigenvalue weighted by Gasteiger charge is 2.50. The number of amides is 3. The summed E-state index contributed by atoms with van der Waals surface area (Å²) in [6.07, 6.45) is 27.4. The molecule has 0 bridgehead atoms. The highest BCUT2D eigenvalue weighted by atomic mass is 35.5. The summed E-state index contributed by atoms with van der Waals surface area (Å²) in [5.74, 6) is 2.88. The number of carbonyl (C=O) groups excluding carboxylic acids is 5. The summed E-state index contributed by atoms with van der Waals surface area (Å²) in [5.41, 5.74) is 31.2. The molecule has 145 heavy (non-hydrogen) atoms. The Balaban J connectivity index is 0.000000111. The van der Waals surface area contributed by atoms with Gasteiger partial charge in [-0.05, 0) is 296 Å². The molecule has 5 aliphatic heterocycles. The van der Waals surface area contributed by atoms with Gasteiger partial charge in [0.2, 0.25) is 12.7 Å². The number of esters is 1. The minimum atomic E-state index is -0.497. The first kappa shape index (κ1) is 97.4. The molecule has 0 radical (unpaired) electrons. The number of nitrogens with zero attached hydrogens (tertiary/aromatic N) is 10. The lowest BCUT2D eigenvalue weighted by Gasteiger charge is -2.40. The second-order valence-corrected chi connectivity index (χ2v) is 40.0. The van der Waals surface area contributed by atoms with Crippen molar-refractivity contribution in [1.29, 1.82) is 0 Å². The molecule has 16 aromatic rings. The van der Waals surface area contributed by atoms with Gasteiger partial charge >= 0.3 is 5.97 Å². The number of aromatic amines is 2. The van der Waals surface area contributed by atoms with Crippen molar-refractivity contribution in [3.8, 4) is 85.1 Å². The maximum atomic E-state index is 13.6. The number of Topliss-reactive ketones (excluding diaryl/α,β-unsaturated/α-hetero) is 1. The van der Waals surface area contributed by atoms with Gasteiger partial charge in [0.05, 0.1) is 76.1 Å². The number of H-pyrrole nitrogens is 2. The Kier molecular flexibility index (Phi) is 28.5. The first-order valence-corrected chi connectivity index (χ1v) is 50.8. The topological polar surface area (TPSA) is 354 Å². The number of ether oxygens (including phenoxy) is 3. The van der Waals surface area contributed by atoms with Crippen molar-refractivity contribution in [3.63, 3.8) is 0 Å². The number of thiophene rings is 1. The number of furan rings is 1. The maximum absolute atomic E-state index is 13.6. The fourth-order valence-corrected chi connectivity index (χ4v) is 21.8. The van der Waals surface area contributed by atoms with E-state index in [9.17, 15) is 28.4 Å². The lowest BCUT2D eigenvalue weighted by Crippen LogP contribution is -2.47. The van der Waals surface area contributed by atoms with Crippen LogP contribution in [0.4, 0.5) is 32.8 Å². The summed E-state index contributed by atoms with van der Waals surface area (Å²) in [7, 11) is 0. The summed E-state index contributed by atoms with van der Waals surface area (Å²) in [6.45, 7) is 10.9. The van der Waals surface area contributed by atoms with Gasteiger partial charge in [0.25, 0.3) is 17.7 Å². The number of ketones is 1. The Hall–Kier alpha value is -15.1. The number of pyridine rings is 6. The third kappa shape index (κ3) is 21.4. The molecule has 4 aliphatic carbocycles. The molecule has 32 heteroatoms. The lowest BCUT2D eigenvalue weighted by atomic mass is 9.69. The number of fused-ring (bicyclic) bond motifs is 14. The average molecular weight is 2010 g/mol. The average Bonchev–Trinajstić information content (AvgIpc) is 1.56. The van der Waals surface area contributed by atoms with Crippen LogP contribution in [0.25, 0.3) is 88.9 Å². The van der Waals surface area contributed by atoms with Crippen LogP contribution in [0.2, 0.25) is 5.02 Å². The van der Waals surface area contributed by atoms with Gasteiger partial charge in [0.1, 0.15) is 16.4 Å². The van der Waals surface area contributed by atoms with E-state index >= 15 is 0 Å². The Morgan fingerprint density at radius 3 is 2.28 bits per heavy atom. The zero-order chi connectivity index (χ0) is 98.7. The number of hydrogen-bond donors (Lipinski definition) is 8. The minimum Gasteiger partial charge on any atom is -0.454 e. The van der Waals surface area contributed by atoms with Gasteiger partial charge in [-0.25, -0.2) is 19.9 Å². The number of nitrogens with one attached hydrogen (secondary N) is 7. The molecule has 0 unspecified atom stereocenters. The normalized spacial score (nSPS) is 16.0. The van der Waals surface area contributed by atoms with Crippen LogP contribution in [0, 0.1) is 18.3 Å². The van der Waals surface area contributed by atoms with Crippen LogP contribution in [-0.2, 0) is 55.4 Å². The third-order valence-electron chi connectivity index (χ3n) is 28.2. The van der Waals surface area contributed by atoms with Crippen LogP contribution >= 0.6 is 48.7 Å². The van der Waals surface area contributed by atoms with Crippen LogP contribution in [-0.4, -0.2) is 123 Å². The zero-order valence-electron chi connectivity index (χ0n) is 80.4. The van der Waals surface area contributed by atoms with Crippen LogP contribution in [0.5, 0.6) is 17.2 Å². The van der Waals surface area contributed by atoms with Crippen molar-refractivity contribution in [2.75, 3.05) is 59.1 Å². The zero-order valence-corrected chi connectivity index (χ0v) is 83.8. The lowest BCUT2D eigenvalue weighted by molar-refractivity contribution is -0.131. The molecule has 27 nitrogen and oxygen atoms in total. The van der Waals surface area contributed by atoms with Crippen LogP contribution in [0.3, 0.4) is 0 Å². The summed E-state index contributed by atoms with van der Waals surface area (Å²) < 4.78 is 36.2. The molecule has 1 atom stereocenters. The van der Waals surface area contributed by atoms with Gasteiger partial charge in [-0.15, -0.1) is 11.3 Å². The third-order valence-corrected chi connectivity index (χ3v) is 29.8. The number of aryl methyl sites for hydroxylation is 3. The molecule has 11 aromatic heterocycles. The summed E-state index contributed by atoms with van der Waals surface area (Å²) >= 11 is 12.9. The Morgan fingerprint density at radius 2 is 1.48 bits per heavy atom. The Labute approximate surface area is 858 Å². The largest absolute Gasteiger partial charge is 0.454 e. The number of rotatable bonds is 15. The minimum absolute atomic E-state index is 0. The molecule has 5 aromatic carbocycles. The Morgan fingerprint density at radius 1 is 0.683 bits per heavy atom. The molecule has 16 heterocycles. The van der Waals surface area contributed by atoms with Crippen molar-refractivity contribution in [3.05, 3.63) is 309 Å². The predicted molar refractivity (Wildman–Crippen MR) is 573 cm³/mol. The van der Waals surface area contributed by atoms with Crippen molar-refractivity contribution in [1.82, 2.24) is 65.8 Å². The highest BCUT2D eigenvalue weighted by Crippen LogP contribution is 2.56. The molecule has 3 amide bonds. The first-order chi connectivity index (χ1) is 70.1. The van der Waals surface area contributed by atoms with Crippen molar-refractivity contribution in [2.45, 2.75) is 161 Å². The van der Waals surface area contributed by atoms with Crippen LogP contribution < -0.4 is 56.3 Å². The standard InChI is InChI=1S/C28H26ClN3O2.C23H22N4O3.C22H18FN3O.C22H20N4OS.C18H20N4O2S.H2S/c29-22-9-7-21(8-10-22)26-15-16-27(34-26)28(33)32(20-23-6-2-3-17-30-23)25-13-11-24(12-14-25)31-18-4-1-5-19-31;28-22-15-11-17(26-20(15)23(12-25-22)7-2-1-3-8-23)16-6-9-24-21(27-16)14-4-5-18-19(10-14)30-13-29-18;23-19-4-2-13(11-25-19)16-7-15-12(10-24-16)1-3-14-20-17(26-21(14)15)8-22(5-6-22)9-18(20)27;1-12-3-4-14(11-24-12)16-6-5-15-17(26-16)7-8-18-19(15)20-21(28-18)22(27)25-13(2)9-10-23-20;1-2-3-12-6-7-14(19)15(21-12)10-20-18(25)22-13-5-4-11-8-17(23)24-16(11)9-13;/h2-3,6-17H,1,4-5,18-20H2;4-6,9-11,26H,1-3,7-8,12-13H2,(H,25,28);2,4,7,10-11,26H,1,3,5-6,8-9H2;3-8,11,13,23H,9-10H2,1-2H3,(H,25,27);4-7,9H,2-3,8,10,19H2,1H3,(H2,20,22,25);1H2/t;;;13-;;/m...1../s1. The van der Waals surface area contributed by atoms with E-state index in [1.165, 1.54) is 91.8 Å². The number of thiocarbonyl (C=S) groups is 1.